The Hall–Kier alpha value is -2.46. The number of hydrogen-bond acceptors (Lipinski definition) is 6. The van der Waals surface area contributed by atoms with E-state index in [0.29, 0.717) is 5.69 Å². The average Bonchev–Trinajstić information content (AvgIpc) is 2.45. The van der Waals surface area contributed by atoms with Gasteiger partial charge in [0, 0.05) is 25.6 Å². The minimum absolute atomic E-state index is 0.0962. The van der Waals surface area contributed by atoms with Crippen molar-refractivity contribution in [2.75, 3.05) is 19.0 Å². The first-order valence-corrected chi connectivity index (χ1v) is 7.43. The maximum atomic E-state index is 12.7. The lowest BCUT2D eigenvalue weighted by atomic mass is 9.80. The summed E-state index contributed by atoms with van der Waals surface area (Å²) in [6, 6.07) is 3.96. The van der Waals surface area contributed by atoms with Gasteiger partial charge in [-0.05, 0) is 6.07 Å². The molecule has 1 rings (SSSR count). The molecule has 0 aliphatic heterocycles. The SMILES string of the molecule is CN(C)c1cc(C(=O)C(C#N)C(=O)C(C)(C)C)c([N+](=O)[O-])cc1Cl. The summed E-state index contributed by atoms with van der Waals surface area (Å²) < 4.78 is 0. The van der Waals surface area contributed by atoms with Gasteiger partial charge in [-0.2, -0.15) is 5.26 Å². The van der Waals surface area contributed by atoms with Crippen LogP contribution in [-0.2, 0) is 4.79 Å². The third kappa shape index (κ3) is 3.89. The van der Waals surface area contributed by atoms with Crippen molar-refractivity contribution < 1.29 is 14.5 Å². The van der Waals surface area contributed by atoms with E-state index in [2.05, 4.69) is 0 Å². The summed E-state index contributed by atoms with van der Waals surface area (Å²) in [5.74, 6) is -3.10. The van der Waals surface area contributed by atoms with Crippen molar-refractivity contribution in [3.05, 3.63) is 32.8 Å². The van der Waals surface area contributed by atoms with Crippen LogP contribution in [0.4, 0.5) is 11.4 Å². The molecule has 0 spiro atoms. The first kappa shape index (κ1) is 19.6. The van der Waals surface area contributed by atoms with Gasteiger partial charge >= 0.3 is 0 Å². The Labute approximate surface area is 145 Å². The van der Waals surface area contributed by atoms with Gasteiger partial charge in [-0.15, -0.1) is 0 Å². The predicted molar refractivity (Wildman–Crippen MR) is 90.3 cm³/mol. The third-order valence-corrected chi connectivity index (χ3v) is 3.70. The summed E-state index contributed by atoms with van der Waals surface area (Å²) in [7, 11) is 3.31. The van der Waals surface area contributed by atoms with Crippen LogP contribution in [0.3, 0.4) is 0 Å². The molecule has 1 unspecified atom stereocenters. The van der Waals surface area contributed by atoms with Crippen molar-refractivity contribution in [3.8, 4) is 6.07 Å². The van der Waals surface area contributed by atoms with E-state index >= 15 is 0 Å². The van der Waals surface area contributed by atoms with Crippen LogP contribution >= 0.6 is 11.6 Å². The third-order valence-electron chi connectivity index (χ3n) is 3.40. The highest BCUT2D eigenvalue weighted by Crippen LogP contribution is 2.34. The van der Waals surface area contributed by atoms with Crippen molar-refractivity contribution in [1.82, 2.24) is 0 Å². The van der Waals surface area contributed by atoms with Gasteiger partial charge in [0.25, 0.3) is 5.69 Å². The number of benzene rings is 1. The molecule has 0 N–H and O–H groups in total. The molecule has 1 atom stereocenters. The fourth-order valence-corrected chi connectivity index (χ4v) is 2.39. The molecule has 0 aliphatic carbocycles. The number of rotatable bonds is 5. The summed E-state index contributed by atoms with van der Waals surface area (Å²) >= 11 is 6.00. The second-order valence-electron chi connectivity index (χ2n) is 6.51. The van der Waals surface area contributed by atoms with Gasteiger partial charge in [-0.25, -0.2) is 0 Å². The van der Waals surface area contributed by atoms with E-state index in [1.165, 1.54) is 6.07 Å². The molecule has 0 saturated heterocycles. The first-order chi connectivity index (χ1) is 10.9. The number of nitro benzene ring substituents is 1. The molecular weight excluding hydrogens is 334 g/mol. The molecule has 0 aliphatic rings. The minimum Gasteiger partial charge on any atom is -0.376 e. The van der Waals surface area contributed by atoms with Gasteiger partial charge in [0.2, 0.25) is 0 Å². The highest BCUT2D eigenvalue weighted by Gasteiger charge is 2.38. The summed E-state index contributed by atoms with van der Waals surface area (Å²) in [6.07, 6.45) is 0. The van der Waals surface area contributed by atoms with Crippen LogP contribution in [0.15, 0.2) is 12.1 Å². The van der Waals surface area contributed by atoms with E-state index in [-0.39, 0.29) is 10.6 Å². The Kier molecular flexibility index (Phi) is 5.69. The molecule has 24 heavy (non-hydrogen) atoms. The summed E-state index contributed by atoms with van der Waals surface area (Å²) in [5, 5.41) is 20.6. The molecule has 0 heterocycles. The monoisotopic (exact) mass is 351 g/mol. The predicted octanol–water partition coefficient (Wildman–Crippen LogP) is 3.25. The molecule has 1 aromatic rings. The number of hydrogen-bond donors (Lipinski definition) is 0. The van der Waals surface area contributed by atoms with Gasteiger partial charge in [0.05, 0.1) is 27.3 Å². The molecule has 0 radical (unpaired) electrons. The van der Waals surface area contributed by atoms with Crippen molar-refractivity contribution in [1.29, 1.82) is 5.26 Å². The van der Waals surface area contributed by atoms with Crippen molar-refractivity contribution in [2.45, 2.75) is 20.8 Å². The first-order valence-electron chi connectivity index (χ1n) is 7.05. The van der Waals surface area contributed by atoms with E-state index in [0.717, 1.165) is 6.07 Å². The Bertz CT molecular complexity index is 745. The van der Waals surface area contributed by atoms with Crippen molar-refractivity contribution >= 4 is 34.5 Å². The second-order valence-corrected chi connectivity index (χ2v) is 6.92. The number of halogens is 1. The van der Waals surface area contributed by atoms with Gasteiger partial charge in [0.1, 0.15) is 0 Å². The fraction of sp³-hybridized carbons (Fsp3) is 0.438. The highest BCUT2D eigenvalue weighted by atomic mass is 35.5. The summed E-state index contributed by atoms with van der Waals surface area (Å²) in [4.78, 5) is 37.1. The van der Waals surface area contributed by atoms with Crippen LogP contribution in [0.25, 0.3) is 0 Å². The Morgan fingerprint density at radius 3 is 2.25 bits per heavy atom. The van der Waals surface area contributed by atoms with Crippen molar-refractivity contribution in [3.63, 3.8) is 0 Å². The molecule has 0 saturated carbocycles. The minimum atomic E-state index is -1.61. The van der Waals surface area contributed by atoms with Crippen LogP contribution in [0.5, 0.6) is 0 Å². The van der Waals surface area contributed by atoms with Crippen LogP contribution < -0.4 is 4.90 Å². The standard InChI is InChI=1S/C16H18ClN3O4/c1-16(2,3)15(22)10(8-18)14(21)9-6-13(19(4)5)11(17)7-12(9)20(23)24/h6-7,10H,1-5H3. The molecule has 0 fully saturated rings. The van der Waals surface area contributed by atoms with E-state index in [1.807, 2.05) is 0 Å². The number of ketones is 2. The van der Waals surface area contributed by atoms with E-state index in [9.17, 15) is 25.0 Å². The largest absolute Gasteiger partial charge is 0.376 e. The highest BCUT2D eigenvalue weighted by molar-refractivity contribution is 6.34. The van der Waals surface area contributed by atoms with Gasteiger partial charge < -0.3 is 4.90 Å². The smallest absolute Gasteiger partial charge is 0.281 e. The molecule has 1 aromatic carbocycles. The number of Topliss-reactive ketones (excluding diaryl/α,β-unsaturated/α-hetero) is 2. The molecule has 0 amide bonds. The number of carbonyl (C=O) groups excluding carboxylic acids is 2. The lowest BCUT2D eigenvalue weighted by Crippen LogP contribution is -2.33. The van der Waals surface area contributed by atoms with Crippen LogP contribution in [0.1, 0.15) is 31.1 Å². The molecular formula is C16H18ClN3O4. The molecule has 8 heteroatoms. The van der Waals surface area contributed by atoms with E-state index < -0.39 is 33.5 Å². The topological polar surface area (TPSA) is 104 Å². The van der Waals surface area contributed by atoms with E-state index in [4.69, 9.17) is 11.6 Å². The van der Waals surface area contributed by atoms with Crippen LogP contribution in [0.2, 0.25) is 5.02 Å². The van der Waals surface area contributed by atoms with Gasteiger partial charge in [-0.1, -0.05) is 32.4 Å². The zero-order valence-electron chi connectivity index (χ0n) is 14.1. The zero-order chi connectivity index (χ0) is 18.8. The molecule has 7 nitrogen and oxygen atoms in total. The lowest BCUT2D eigenvalue weighted by Gasteiger charge is -2.20. The average molecular weight is 352 g/mol. The number of nitriles is 1. The number of carbonyl (C=O) groups is 2. The Morgan fingerprint density at radius 1 is 1.33 bits per heavy atom. The maximum Gasteiger partial charge on any atom is 0.281 e. The number of nitro groups is 1. The van der Waals surface area contributed by atoms with Crippen molar-refractivity contribution in [2.24, 2.45) is 11.3 Å². The summed E-state index contributed by atoms with van der Waals surface area (Å²) in [5.41, 5.74) is -1.39. The molecule has 0 bridgehead atoms. The van der Waals surface area contributed by atoms with E-state index in [1.54, 1.807) is 45.8 Å². The number of nitrogens with zero attached hydrogens (tertiary/aromatic N) is 3. The fourth-order valence-electron chi connectivity index (χ4n) is 2.07. The van der Waals surface area contributed by atoms with Gasteiger partial charge in [0.15, 0.2) is 17.5 Å². The van der Waals surface area contributed by atoms with Crippen LogP contribution in [-0.4, -0.2) is 30.6 Å². The normalized spacial score (nSPS) is 12.2. The number of anilines is 1. The summed E-state index contributed by atoms with van der Waals surface area (Å²) in [6.45, 7) is 4.73. The lowest BCUT2D eigenvalue weighted by molar-refractivity contribution is -0.385. The van der Waals surface area contributed by atoms with Crippen LogP contribution in [0, 0.1) is 32.8 Å². The van der Waals surface area contributed by atoms with Gasteiger partial charge in [-0.3, -0.25) is 19.7 Å². The molecule has 128 valence electrons. The zero-order valence-corrected chi connectivity index (χ0v) is 14.8. The second kappa shape index (κ2) is 6.97. The maximum absolute atomic E-state index is 12.7. The quantitative estimate of drug-likeness (QED) is 0.349. The molecule has 0 aromatic heterocycles. The Morgan fingerprint density at radius 2 is 1.88 bits per heavy atom. The Balaban J connectivity index is 3.56.